The number of aromatic nitrogens is 1. The molecule has 1 aliphatic rings. The lowest BCUT2D eigenvalue weighted by Crippen LogP contribution is -2.24. The lowest BCUT2D eigenvalue weighted by Gasteiger charge is -2.03. The van der Waals surface area contributed by atoms with Gasteiger partial charge in [0.2, 0.25) is 10.0 Å². The van der Waals surface area contributed by atoms with Gasteiger partial charge in [-0.15, -0.1) is 0 Å². The van der Waals surface area contributed by atoms with Crippen LogP contribution in [-0.4, -0.2) is 25.6 Å². The van der Waals surface area contributed by atoms with E-state index in [1.807, 2.05) is 18.5 Å². The second-order valence-electron chi connectivity index (χ2n) is 5.18. The molecule has 2 rings (SSSR count). The Kier molecular flexibility index (Phi) is 4.65. The predicted octanol–water partition coefficient (Wildman–Crippen LogP) is 1.36. The van der Waals surface area contributed by atoms with Crippen LogP contribution in [0.3, 0.4) is 0 Å². The normalized spacial score (nSPS) is 15.9. The molecule has 0 aliphatic heterocycles. The Morgan fingerprint density at radius 1 is 1.42 bits per heavy atom. The third kappa shape index (κ3) is 4.06. The van der Waals surface area contributed by atoms with Crippen molar-refractivity contribution in [1.82, 2.24) is 14.6 Å². The quantitative estimate of drug-likeness (QED) is 0.709. The van der Waals surface area contributed by atoms with Crippen LogP contribution in [0.2, 0.25) is 0 Å². The SMILES string of the molecule is CCCCNS(=O)(=O)c1cc(CNC2CC2)n(C)c1. The van der Waals surface area contributed by atoms with Gasteiger partial charge >= 0.3 is 0 Å². The summed E-state index contributed by atoms with van der Waals surface area (Å²) >= 11 is 0. The molecule has 0 aromatic carbocycles. The molecule has 2 N–H and O–H groups in total. The molecule has 0 unspecified atom stereocenters. The molecule has 0 radical (unpaired) electrons. The van der Waals surface area contributed by atoms with E-state index in [-0.39, 0.29) is 0 Å². The van der Waals surface area contributed by atoms with Gasteiger partial charge < -0.3 is 9.88 Å². The number of unbranched alkanes of at least 4 members (excludes halogenated alkanes) is 1. The number of rotatable bonds is 8. The first kappa shape index (κ1) is 14.6. The Bertz CT molecular complexity index is 518. The molecule has 1 heterocycles. The van der Waals surface area contributed by atoms with Gasteiger partial charge in [-0.3, -0.25) is 0 Å². The summed E-state index contributed by atoms with van der Waals surface area (Å²) in [7, 11) is -1.47. The van der Waals surface area contributed by atoms with Crippen molar-refractivity contribution in [3.8, 4) is 0 Å². The third-order valence-corrected chi connectivity index (χ3v) is 4.79. The Hall–Kier alpha value is -0.850. The molecule has 1 aromatic heterocycles. The zero-order valence-electron chi connectivity index (χ0n) is 11.6. The first-order valence-corrected chi connectivity index (χ1v) is 8.39. The number of hydrogen-bond donors (Lipinski definition) is 2. The van der Waals surface area contributed by atoms with Gasteiger partial charge in [0, 0.05) is 38.1 Å². The molecule has 6 heteroatoms. The Balaban J connectivity index is 2.00. The van der Waals surface area contributed by atoms with E-state index >= 15 is 0 Å². The van der Waals surface area contributed by atoms with E-state index in [1.54, 1.807) is 12.3 Å². The summed E-state index contributed by atoms with van der Waals surface area (Å²) in [5, 5.41) is 3.39. The fourth-order valence-electron chi connectivity index (χ4n) is 1.90. The van der Waals surface area contributed by atoms with Crippen molar-refractivity contribution in [1.29, 1.82) is 0 Å². The summed E-state index contributed by atoms with van der Waals surface area (Å²) in [6.07, 6.45) is 5.98. The Morgan fingerprint density at radius 2 is 2.16 bits per heavy atom. The maximum absolute atomic E-state index is 12.1. The second-order valence-corrected chi connectivity index (χ2v) is 6.95. The standard InChI is InChI=1S/C13H23N3O2S/c1-3-4-7-15-19(17,18)13-8-12(16(2)10-13)9-14-11-5-6-11/h8,10-11,14-15H,3-7,9H2,1-2H3. The minimum Gasteiger partial charge on any atom is -0.352 e. The third-order valence-electron chi connectivity index (χ3n) is 3.36. The highest BCUT2D eigenvalue weighted by molar-refractivity contribution is 7.89. The molecule has 1 aliphatic carbocycles. The number of nitrogens with zero attached hydrogens (tertiary/aromatic N) is 1. The van der Waals surface area contributed by atoms with E-state index in [2.05, 4.69) is 10.0 Å². The Morgan fingerprint density at radius 3 is 2.79 bits per heavy atom. The number of hydrogen-bond acceptors (Lipinski definition) is 3. The highest BCUT2D eigenvalue weighted by Crippen LogP contribution is 2.20. The van der Waals surface area contributed by atoms with E-state index < -0.39 is 10.0 Å². The van der Waals surface area contributed by atoms with Gasteiger partial charge in [-0.2, -0.15) is 0 Å². The van der Waals surface area contributed by atoms with E-state index in [0.29, 0.717) is 17.5 Å². The maximum atomic E-state index is 12.1. The molecule has 108 valence electrons. The van der Waals surface area contributed by atoms with Gasteiger partial charge in [-0.05, 0) is 25.3 Å². The van der Waals surface area contributed by atoms with Gasteiger partial charge in [0.05, 0.1) is 4.90 Å². The van der Waals surface area contributed by atoms with Crippen LogP contribution in [0.4, 0.5) is 0 Å². The molecule has 5 nitrogen and oxygen atoms in total. The van der Waals surface area contributed by atoms with Crippen molar-refractivity contribution in [3.05, 3.63) is 18.0 Å². The smallest absolute Gasteiger partial charge is 0.242 e. The monoisotopic (exact) mass is 285 g/mol. The summed E-state index contributed by atoms with van der Waals surface area (Å²) in [5.41, 5.74) is 1.00. The summed E-state index contributed by atoms with van der Waals surface area (Å²) in [5.74, 6) is 0. The van der Waals surface area contributed by atoms with Gasteiger partial charge in [-0.1, -0.05) is 13.3 Å². The lowest BCUT2D eigenvalue weighted by molar-refractivity contribution is 0.578. The van der Waals surface area contributed by atoms with Crippen molar-refractivity contribution >= 4 is 10.0 Å². The van der Waals surface area contributed by atoms with Crippen LogP contribution in [-0.2, 0) is 23.6 Å². The molecule has 1 saturated carbocycles. The van der Waals surface area contributed by atoms with Crippen molar-refractivity contribution in [2.45, 2.75) is 50.1 Å². The van der Waals surface area contributed by atoms with Gasteiger partial charge in [0.1, 0.15) is 0 Å². The fraction of sp³-hybridized carbons (Fsp3) is 0.692. The zero-order valence-corrected chi connectivity index (χ0v) is 12.5. The number of sulfonamides is 1. The molecular formula is C13H23N3O2S. The molecule has 1 aromatic rings. The van der Waals surface area contributed by atoms with Gasteiger partial charge in [-0.25, -0.2) is 13.1 Å². The van der Waals surface area contributed by atoms with Crippen molar-refractivity contribution < 1.29 is 8.42 Å². The average molecular weight is 285 g/mol. The predicted molar refractivity (Wildman–Crippen MR) is 75.4 cm³/mol. The number of aryl methyl sites for hydroxylation is 1. The lowest BCUT2D eigenvalue weighted by atomic mass is 10.3. The summed E-state index contributed by atoms with van der Waals surface area (Å²) in [6, 6.07) is 2.38. The molecular weight excluding hydrogens is 262 g/mol. The highest BCUT2D eigenvalue weighted by atomic mass is 32.2. The maximum Gasteiger partial charge on any atom is 0.242 e. The van der Waals surface area contributed by atoms with Crippen LogP contribution in [0.1, 0.15) is 38.3 Å². The van der Waals surface area contributed by atoms with E-state index in [4.69, 9.17) is 0 Å². The van der Waals surface area contributed by atoms with Crippen LogP contribution in [0.5, 0.6) is 0 Å². The summed E-state index contributed by atoms with van der Waals surface area (Å²) < 4.78 is 28.7. The van der Waals surface area contributed by atoms with Gasteiger partial charge in [0.25, 0.3) is 0 Å². The first-order chi connectivity index (χ1) is 9.03. The van der Waals surface area contributed by atoms with Crippen molar-refractivity contribution in [2.24, 2.45) is 7.05 Å². The highest BCUT2D eigenvalue weighted by Gasteiger charge is 2.21. The molecule has 0 spiro atoms. The molecule has 1 fully saturated rings. The first-order valence-electron chi connectivity index (χ1n) is 6.91. The summed E-state index contributed by atoms with van der Waals surface area (Å²) in [4.78, 5) is 0.360. The Labute approximate surface area is 115 Å². The van der Waals surface area contributed by atoms with Crippen molar-refractivity contribution in [2.75, 3.05) is 6.54 Å². The molecule has 0 bridgehead atoms. The van der Waals surface area contributed by atoms with E-state index in [1.165, 1.54) is 12.8 Å². The summed E-state index contributed by atoms with van der Waals surface area (Å²) in [6.45, 7) is 3.27. The van der Waals surface area contributed by atoms with E-state index in [0.717, 1.165) is 25.1 Å². The van der Waals surface area contributed by atoms with Crippen LogP contribution in [0.15, 0.2) is 17.2 Å². The van der Waals surface area contributed by atoms with Crippen LogP contribution >= 0.6 is 0 Å². The van der Waals surface area contributed by atoms with Crippen molar-refractivity contribution in [3.63, 3.8) is 0 Å². The molecule has 19 heavy (non-hydrogen) atoms. The largest absolute Gasteiger partial charge is 0.352 e. The average Bonchev–Trinajstić information content (AvgIpc) is 3.10. The van der Waals surface area contributed by atoms with Crippen LogP contribution in [0.25, 0.3) is 0 Å². The zero-order chi connectivity index (χ0) is 13.9. The van der Waals surface area contributed by atoms with E-state index in [9.17, 15) is 8.42 Å². The van der Waals surface area contributed by atoms with Crippen LogP contribution in [0, 0.1) is 0 Å². The van der Waals surface area contributed by atoms with Crippen LogP contribution < -0.4 is 10.0 Å². The molecule has 0 amide bonds. The minimum absolute atomic E-state index is 0.360. The second kappa shape index (κ2) is 6.07. The molecule has 0 atom stereocenters. The van der Waals surface area contributed by atoms with Gasteiger partial charge in [0.15, 0.2) is 0 Å². The minimum atomic E-state index is -3.36. The molecule has 0 saturated heterocycles. The number of nitrogens with one attached hydrogen (secondary N) is 2. The topological polar surface area (TPSA) is 63.1 Å². The fourth-order valence-corrected chi connectivity index (χ4v) is 3.07.